The summed E-state index contributed by atoms with van der Waals surface area (Å²) in [5.74, 6) is 1.40. The summed E-state index contributed by atoms with van der Waals surface area (Å²) in [5, 5.41) is 3.06. The quantitative estimate of drug-likeness (QED) is 0.397. The molecule has 4 rings (SSSR count). The minimum absolute atomic E-state index is 0.110. The largest absolute Gasteiger partial charge is 0.493 e. The van der Waals surface area contributed by atoms with Crippen LogP contribution in [0.2, 0.25) is 0 Å². The van der Waals surface area contributed by atoms with Gasteiger partial charge in [-0.25, -0.2) is 9.97 Å². The highest BCUT2D eigenvalue weighted by molar-refractivity contribution is 5.95. The summed E-state index contributed by atoms with van der Waals surface area (Å²) < 4.78 is 11.2. The van der Waals surface area contributed by atoms with Crippen molar-refractivity contribution in [3.63, 3.8) is 0 Å². The van der Waals surface area contributed by atoms with Crippen molar-refractivity contribution in [3.8, 4) is 28.6 Å². The number of para-hydroxylation sites is 2. The molecule has 0 unspecified atom stereocenters. The number of carbonyl (C=O) groups is 1. The van der Waals surface area contributed by atoms with Crippen LogP contribution in [0.4, 0.5) is 0 Å². The van der Waals surface area contributed by atoms with Gasteiger partial charge in [-0.15, -0.1) is 0 Å². The number of carbonyl (C=O) groups excluding carboxylic acids is 1. The number of hydrogen-bond donors (Lipinski definition) is 1. The number of nitrogens with one attached hydrogen (secondary N) is 1. The molecule has 4 aromatic rings. The molecule has 6 heteroatoms. The molecule has 0 saturated heterocycles. The highest BCUT2D eigenvalue weighted by Crippen LogP contribution is 2.31. The Morgan fingerprint density at radius 2 is 1.67 bits per heavy atom. The van der Waals surface area contributed by atoms with Crippen molar-refractivity contribution >= 4 is 5.91 Å². The number of nitrogens with zero attached hydrogens (tertiary/aromatic N) is 2. The van der Waals surface area contributed by atoms with E-state index in [0.29, 0.717) is 28.6 Å². The third-order valence-corrected chi connectivity index (χ3v) is 5.27. The Morgan fingerprint density at radius 1 is 0.909 bits per heavy atom. The van der Waals surface area contributed by atoms with Gasteiger partial charge in [-0.2, -0.15) is 0 Å². The predicted molar refractivity (Wildman–Crippen MR) is 128 cm³/mol. The Morgan fingerprint density at radius 3 is 2.42 bits per heavy atom. The third kappa shape index (κ3) is 5.36. The van der Waals surface area contributed by atoms with E-state index in [9.17, 15) is 4.79 Å². The van der Waals surface area contributed by atoms with Crippen LogP contribution < -0.4 is 14.8 Å². The van der Waals surface area contributed by atoms with E-state index >= 15 is 0 Å². The fourth-order valence-corrected chi connectivity index (χ4v) is 3.41. The van der Waals surface area contributed by atoms with Gasteiger partial charge >= 0.3 is 0 Å². The molecule has 0 saturated carbocycles. The molecule has 166 valence electrons. The number of aryl methyl sites for hydroxylation is 1. The standard InChI is InChI=1S/C27H25N3O3/c1-18-11-13-20(14-12-18)19(2)30-27(31)22-8-6-7-21(15-22)23-16-26(29-17-28-23)33-25-10-5-4-9-24(25)32-3/h4-17,19H,1-3H3,(H,30,31)/t19-/m0/s1. The summed E-state index contributed by atoms with van der Waals surface area (Å²) in [6, 6.07) is 24.4. The van der Waals surface area contributed by atoms with Crippen molar-refractivity contribution in [1.82, 2.24) is 15.3 Å². The molecule has 3 aromatic carbocycles. The molecule has 1 amide bonds. The van der Waals surface area contributed by atoms with E-state index in [1.54, 1.807) is 25.3 Å². The number of hydrogen-bond acceptors (Lipinski definition) is 5. The number of ether oxygens (including phenoxy) is 2. The van der Waals surface area contributed by atoms with E-state index in [-0.39, 0.29) is 11.9 Å². The van der Waals surface area contributed by atoms with Gasteiger partial charge in [0.1, 0.15) is 6.33 Å². The highest BCUT2D eigenvalue weighted by Gasteiger charge is 2.13. The molecule has 0 bridgehead atoms. The van der Waals surface area contributed by atoms with Gasteiger partial charge < -0.3 is 14.8 Å². The minimum Gasteiger partial charge on any atom is -0.493 e. The summed E-state index contributed by atoms with van der Waals surface area (Å²) in [5.41, 5.74) is 4.23. The zero-order valence-electron chi connectivity index (χ0n) is 18.8. The van der Waals surface area contributed by atoms with Crippen molar-refractivity contribution in [3.05, 3.63) is 102 Å². The summed E-state index contributed by atoms with van der Waals surface area (Å²) in [7, 11) is 1.59. The molecule has 0 fully saturated rings. The van der Waals surface area contributed by atoms with Gasteiger partial charge in [0.2, 0.25) is 5.88 Å². The Bertz CT molecular complexity index is 1260. The molecule has 0 spiro atoms. The van der Waals surface area contributed by atoms with Gasteiger partial charge in [0.05, 0.1) is 18.8 Å². The smallest absolute Gasteiger partial charge is 0.251 e. The predicted octanol–water partition coefficient (Wildman–Crippen LogP) is 5.74. The van der Waals surface area contributed by atoms with Crippen molar-refractivity contribution < 1.29 is 14.3 Å². The number of amides is 1. The van der Waals surface area contributed by atoms with Crippen LogP contribution in [0.15, 0.2) is 85.2 Å². The second kappa shape index (κ2) is 9.96. The van der Waals surface area contributed by atoms with E-state index < -0.39 is 0 Å². The number of rotatable bonds is 7. The Hall–Kier alpha value is -4.19. The van der Waals surface area contributed by atoms with E-state index in [2.05, 4.69) is 15.3 Å². The number of benzene rings is 3. The van der Waals surface area contributed by atoms with Crippen LogP contribution in [0.3, 0.4) is 0 Å². The van der Waals surface area contributed by atoms with Crippen LogP contribution in [0.5, 0.6) is 17.4 Å². The van der Waals surface area contributed by atoms with Gasteiger partial charge in [0.15, 0.2) is 11.5 Å². The minimum atomic E-state index is -0.149. The van der Waals surface area contributed by atoms with Crippen LogP contribution in [-0.2, 0) is 0 Å². The van der Waals surface area contributed by atoms with Gasteiger partial charge in [0.25, 0.3) is 5.91 Å². The first-order valence-corrected chi connectivity index (χ1v) is 10.6. The van der Waals surface area contributed by atoms with Gasteiger partial charge in [-0.1, -0.05) is 54.1 Å². The van der Waals surface area contributed by atoms with Crippen molar-refractivity contribution in [2.75, 3.05) is 7.11 Å². The average Bonchev–Trinajstić information content (AvgIpc) is 2.85. The zero-order chi connectivity index (χ0) is 23.2. The summed E-state index contributed by atoms with van der Waals surface area (Å²) in [4.78, 5) is 21.4. The number of aromatic nitrogens is 2. The Labute approximate surface area is 193 Å². The third-order valence-electron chi connectivity index (χ3n) is 5.27. The van der Waals surface area contributed by atoms with Crippen LogP contribution in [0.1, 0.15) is 34.5 Å². The maximum absolute atomic E-state index is 12.9. The molecule has 1 N–H and O–H groups in total. The molecule has 0 aliphatic rings. The lowest BCUT2D eigenvalue weighted by atomic mass is 10.0. The maximum atomic E-state index is 12.9. The number of methoxy groups -OCH3 is 1. The summed E-state index contributed by atoms with van der Waals surface area (Å²) >= 11 is 0. The maximum Gasteiger partial charge on any atom is 0.251 e. The Balaban J connectivity index is 1.52. The molecule has 33 heavy (non-hydrogen) atoms. The van der Waals surface area contributed by atoms with Gasteiger partial charge in [-0.05, 0) is 43.7 Å². The van der Waals surface area contributed by atoms with Crippen LogP contribution >= 0.6 is 0 Å². The molecular formula is C27H25N3O3. The summed E-state index contributed by atoms with van der Waals surface area (Å²) in [6.45, 7) is 4.01. The molecule has 0 radical (unpaired) electrons. The second-order valence-corrected chi connectivity index (χ2v) is 7.68. The van der Waals surface area contributed by atoms with E-state index in [1.807, 2.05) is 74.5 Å². The summed E-state index contributed by atoms with van der Waals surface area (Å²) in [6.07, 6.45) is 1.44. The van der Waals surface area contributed by atoms with Crippen LogP contribution in [0, 0.1) is 6.92 Å². The topological polar surface area (TPSA) is 73.3 Å². The molecule has 1 heterocycles. The average molecular weight is 440 g/mol. The normalized spacial score (nSPS) is 11.5. The lowest BCUT2D eigenvalue weighted by molar-refractivity contribution is 0.0940. The van der Waals surface area contributed by atoms with Crippen LogP contribution in [0.25, 0.3) is 11.3 Å². The molecule has 1 atom stereocenters. The highest BCUT2D eigenvalue weighted by atomic mass is 16.5. The van der Waals surface area contributed by atoms with Crippen molar-refractivity contribution in [2.24, 2.45) is 0 Å². The first kappa shape index (κ1) is 22.0. The van der Waals surface area contributed by atoms with E-state index in [4.69, 9.17) is 9.47 Å². The van der Waals surface area contributed by atoms with E-state index in [1.165, 1.54) is 11.9 Å². The molecule has 6 nitrogen and oxygen atoms in total. The molecule has 1 aromatic heterocycles. The molecule has 0 aliphatic heterocycles. The first-order chi connectivity index (χ1) is 16.0. The van der Waals surface area contributed by atoms with Crippen molar-refractivity contribution in [2.45, 2.75) is 19.9 Å². The SMILES string of the molecule is COc1ccccc1Oc1cc(-c2cccc(C(=O)N[C@@H](C)c3ccc(C)cc3)c2)ncn1. The van der Waals surface area contributed by atoms with Crippen molar-refractivity contribution in [1.29, 1.82) is 0 Å². The first-order valence-electron chi connectivity index (χ1n) is 10.6. The lowest BCUT2D eigenvalue weighted by Crippen LogP contribution is -2.26. The van der Waals surface area contributed by atoms with E-state index in [0.717, 1.165) is 11.1 Å². The lowest BCUT2D eigenvalue weighted by Gasteiger charge is -2.15. The van der Waals surface area contributed by atoms with Crippen LogP contribution in [-0.4, -0.2) is 23.0 Å². The molecular weight excluding hydrogens is 414 g/mol. The fourth-order valence-electron chi connectivity index (χ4n) is 3.41. The second-order valence-electron chi connectivity index (χ2n) is 7.68. The molecule has 0 aliphatic carbocycles. The fraction of sp³-hybridized carbons (Fsp3) is 0.148. The van der Waals surface area contributed by atoms with Gasteiger partial charge in [-0.3, -0.25) is 4.79 Å². The Kier molecular flexibility index (Phi) is 6.64. The van der Waals surface area contributed by atoms with Gasteiger partial charge in [0, 0.05) is 17.2 Å². The zero-order valence-corrected chi connectivity index (χ0v) is 18.8. The monoisotopic (exact) mass is 439 g/mol.